The number of halogens is 1. The fraction of sp³-hybridized carbons (Fsp3) is 0.355. The lowest BCUT2D eigenvalue weighted by Gasteiger charge is -2.34. The molecule has 6 rings (SSSR count). The van der Waals surface area contributed by atoms with Crippen molar-refractivity contribution >= 4 is 34.1 Å². The maximum atomic E-state index is 13.9. The molecule has 5 nitrogen and oxygen atoms in total. The van der Waals surface area contributed by atoms with Crippen LogP contribution in [0.4, 0.5) is 4.39 Å². The van der Waals surface area contributed by atoms with Gasteiger partial charge in [0.2, 0.25) is 5.91 Å². The summed E-state index contributed by atoms with van der Waals surface area (Å²) < 4.78 is 14.9. The summed E-state index contributed by atoms with van der Waals surface area (Å²) in [6, 6.07) is 16.7. The minimum atomic E-state index is -0.184. The number of nitrogens with zero attached hydrogens (tertiary/aromatic N) is 3. The molecular formula is C31H32FN3O2S. The van der Waals surface area contributed by atoms with Crippen LogP contribution in [0.3, 0.4) is 0 Å². The summed E-state index contributed by atoms with van der Waals surface area (Å²) in [7, 11) is 0. The van der Waals surface area contributed by atoms with Gasteiger partial charge >= 0.3 is 0 Å². The molecule has 1 amide bonds. The Bertz CT molecular complexity index is 1440. The molecule has 38 heavy (non-hydrogen) atoms. The van der Waals surface area contributed by atoms with Crippen LogP contribution < -0.4 is 0 Å². The smallest absolute Gasteiger partial charge is 0.256 e. The molecule has 0 radical (unpaired) electrons. The molecule has 2 saturated heterocycles. The van der Waals surface area contributed by atoms with E-state index in [1.165, 1.54) is 18.1 Å². The third kappa shape index (κ3) is 4.81. The standard InChI is InChI=1S/C31H32FN3O2S/c1-21(36)35-15-11-24-3-2-4-28(30(24)35)31(37)34-18-26(29(19-34)25-12-16-38-20-25)17-33-13-9-23(10-14-33)22-5-7-27(32)8-6-22/h2-8,11-12,15-16,20,23,26,29H,9-10,13-14,17-19H2,1H3/t26-,29+/m1/s1. The first-order valence-electron chi connectivity index (χ1n) is 13.4. The van der Waals surface area contributed by atoms with Gasteiger partial charge in [0.15, 0.2) is 0 Å². The number of carbonyl (C=O) groups is 2. The van der Waals surface area contributed by atoms with E-state index in [0.717, 1.165) is 37.9 Å². The Kier molecular flexibility index (Phi) is 6.89. The Balaban J connectivity index is 1.19. The Hall–Kier alpha value is -3.29. The monoisotopic (exact) mass is 529 g/mol. The van der Waals surface area contributed by atoms with Gasteiger partial charge in [0.25, 0.3) is 5.91 Å². The van der Waals surface area contributed by atoms with E-state index in [9.17, 15) is 14.0 Å². The fourth-order valence-corrected chi connectivity index (χ4v) is 7.13. The van der Waals surface area contributed by atoms with Gasteiger partial charge in [0.1, 0.15) is 5.82 Å². The van der Waals surface area contributed by atoms with E-state index in [2.05, 4.69) is 21.7 Å². The zero-order valence-corrected chi connectivity index (χ0v) is 22.4. The molecule has 0 spiro atoms. The molecule has 2 aromatic carbocycles. The lowest BCUT2D eigenvalue weighted by Crippen LogP contribution is -2.38. The van der Waals surface area contributed by atoms with Crippen molar-refractivity contribution in [2.24, 2.45) is 5.92 Å². The number of aromatic nitrogens is 1. The molecule has 0 saturated carbocycles. The first-order valence-corrected chi connectivity index (χ1v) is 14.3. The number of para-hydroxylation sites is 1. The van der Waals surface area contributed by atoms with Crippen LogP contribution in [-0.4, -0.2) is 58.9 Å². The molecule has 2 aromatic heterocycles. The summed E-state index contributed by atoms with van der Waals surface area (Å²) >= 11 is 1.70. The highest BCUT2D eigenvalue weighted by molar-refractivity contribution is 7.08. The van der Waals surface area contributed by atoms with Crippen LogP contribution in [-0.2, 0) is 0 Å². The van der Waals surface area contributed by atoms with Crippen molar-refractivity contribution in [2.75, 3.05) is 32.7 Å². The normalized spacial score (nSPS) is 20.8. The van der Waals surface area contributed by atoms with E-state index in [4.69, 9.17) is 0 Å². The predicted molar refractivity (Wildman–Crippen MR) is 150 cm³/mol. The van der Waals surface area contributed by atoms with Crippen LogP contribution in [0.15, 0.2) is 71.6 Å². The topological polar surface area (TPSA) is 45.6 Å². The largest absolute Gasteiger partial charge is 0.338 e. The van der Waals surface area contributed by atoms with Gasteiger partial charge < -0.3 is 9.80 Å². The van der Waals surface area contributed by atoms with Crippen molar-refractivity contribution in [3.8, 4) is 0 Å². The van der Waals surface area contributed by atoms with Gasteiger partial charge in [-0.05, 0) is 90.0 Å². The SMILES string of the molecule is CC(=O)n1ccc2cccc(C(=O)N3C[C@@H](CN4CCC(c5ccc(F)cc5)CC4)[C@H](c4ccsc4)C3)c21. The summed E-state index contributed by atoms with van der Waals surface area (Å²) in [4.78, 5) is 30.6. The second-order valence-corrected chi connectivity index (χ2v) is 11.5. The Morgan fingerprint density at radius 2 is 1.76 bits per heavy atom. The number of hydrogen-bond acceptors (Lipinski definition) is 4. The first kappa shape index (κ1) is 25.0. The lowest BCUT2D eigenvalue weighted by molar-refractivity contribution is 0.0783. The molecule has 0 bridgehead atoms. The van der Waals surface area contributed by atoms with E-state index in [0.29, 0.717) is 41.9 Å². The summed E-state index contributed by atoms with van der Waals surface area (Å²) in [5.41, 5.74) is 3.82. The van der Waals surface area contributed by atoms with Crippen molar-refractivity contribution in [3.05, 3.63) is 94.1 Å². The maximum absolute atomic E-state index is 13.9. The number of likely N-dealkylation sites (tertiary alicyclic amines) is 2. The summed E-state index contributed by atoms with van der Waals surface area (Å²) in [5, 5.41) is 5.24. The van der Waals surface area contributed by atoms with Crippen molar-refractivity contribution in [2.45, 2.75) is 31.6 Å². The zero-order chi connectivity index (χ0) is 26.2. The predicted octanol–water partition coefficient (Wildman–Crippen LogP) is 6.24. The fourth-order valence-electron chi connectivity index (χ4n) is 6.40. The highest BCUT2D eigenvalue weighted by Gasteiger charge is 2.38. The van der Waals surface area contributed by atoms with E-state index < -0.39 is 0 Å². The minimum absolute atomic E-state index is 0.00505. The van der Waals surface area contributed by atoms with E-state index in [1.54, 1.807) is 34.2 Å². The number of thiophene rings is 1. The second kappa shape index (κ2) is 10.5. The number of fused-ring (bicyclic) bond motifs is 1. The van der Waals surface area contributed by atoms with Gasteiger partial charge in [-0.15, -0.1) is 0 Å². The van der Waals surface area contributed by atoms with Crippen LogP contribution >= 0.6 is 11.3 Å². The van der Waals surface area contributed by atoms with Crippen LogP contribution in [0.25, 0.3) is 10.9 Å². The Morgan fingerprint density at radius 1 is 0.974 bits per heavy atom. The molecule has 0 N–H and O–H groups in total. The van der Waals surface area contributed by atoms with Crippen LogP contribution in [0, 0.1) is 11.7 Å². The number of rotatable bonds is 5. The molecule has 2 fully saturated rings. The van der Waals surface area contributed by atoms with E-state index in [1.807, 2.05) is 41.3 Å². The number of piperidine rings is 1. The number of benzene rings is 2. The minimum Gasteiger partial charge on any atom is -0.338 e. The number of hydrogen-bond donors (Lipinski definition) is 0. The molecule has 4 aromatic rings. The van der Waals surface area contributed by atoms with Crippen molar-refractivity contribution in [3.63, 3.8) is 0 Å². The Labute approximate surface area is 226 Å². The van der Waals surface area contributed by atoms with Gasteiger partial charge in [-0.3, -0.25) is 14.2 Å². The molecule has 4 heterocycles. The summed E-state index contributed by atoms with van der Waals surface area (Å²) in [5.74, 6) is 0.818. The van der Waals surface area contributed by atoms with Gasteiger partial charge in [-0.2, -0.15) is 11.3 Å². The highest BCUT2D eigenvalue weighted by atomic mass is 32.1. The molecule has 2 aliphatic rings. The average Bonchev–Trinajstić information content (AvgIpc) is 3.69. The van der Waals surface area contributed by atoms with Gasteiger partial charge in [0.05, 0.1) is 11.1 Å². The van der Waals surface area contributed by atoms with Crippen molar-refractivity contribution in [1.29, 1.82) is 0 Å². The third-order valence-electron chi connectivity index (χ3n) is 8.40. The van der Waals surface area contributed by atoms with Gasteiger partial charge in [0, 0.05) is 44.1 Å². The van der Waals surface area contributed by atoms with Crippen molar-refractivity contribution < 1.29 is 14.0 Å². The third-order valence-corrected chi connectivity index (χ3v) is 9.10. The van der Waals surface area contributed by atoms with E-state index >= 15 is 0 Å². The molecular weight excluding hydrogens is 497 g/mol. The maximum Gasteiger partial charge on any atom is 0.256 e. The summed E-state index contributed by atoms with van der Waals surface area (Å²) in [6.45, 7) is 5.88. The molecule has 196 valence electrons. The number of amides is 1. The Morgan fingerprint density at radius 3 is 2.47 bits per heavy atom. The molecule has 2 aliphatic heterocycles. The first-order chi connectivity index (χ1) is 18.5. The van der Waals surface area contributed by atoms with Crippen molar-refractivity contribution in [1.82, 2.24) is 14.4 Å². The molecule has 0 unspecified atom stereocenters. The van der Waals surface area contributed by atoms with Gasteiger partial charge in [-0.25, -0.2) is 4.39 Å². The molecule has 0 aliphatic carbocycles. The average molecular weight is 530 g/mol. The lowest BCUT2D eigenvalue weighted by atomic mass is 9.87. The highest BCUT2D eigenvalue weighted by Crippen LogP contribution is 2.37. The molecule has 2 atom stereocenters. The zero-order valence-electron chi connectivity index (χ0n) is 21.6. The van der Waals surface area contributed by atoms with Crippen LogP contribution in [0.1, 0.15) is 57.9 Å². The van der Waals surface area contributed by atoms with Gasteiger partial charge in [-0.1, -0.05) is 24.3 Å². The van der Waals surface area contributed by atoms with Crippen LogP contribution in [0.2, 0.25) is 0 Å². The number of carbonyl (C=O) groups excluding carboxylic acids is 2. The quantitative estimate of drug-likeness (QED) is 0.308. The van der Waals surface area contributed by atoms with Crippen LogP contribution in [0.5, 0.6) is 0 Å². The molecule has 7 heteroatoms. The second-order valence-electron chi connectivity index (χ2n) is 10.7. The van der Waals surface area contributed by atoms with E-state index in [-0.39, 0.29) is 17.6 Å². The summed E-state index contributed by atoms with van der Waals surface area (Å²) in [6.07, 6.45) is 3.88.